The summed E-state index contributed by atoms with van der Waals surface area (Å²) >= 11 is 1.61. The third-order valence-electron chi connectivity index (χ3n) is 12.9. The number of hydrogen-bond donors (Lipinski definition) is 7. The Bertz CT molecular complexity index is 3030. The van der Waals surface area contributed by atoms with Crippen molar-refractivity contribution in [2.45, 2.75) is 97.1 Å². The van der Waals surface area contributed by atoms with Crippen LogP contribution in [0.4, 0.5) is 24.7 Å². The molecule has 7 rings (SSSR count). The summed E-state index contributed by atoms with van der Waals surface area (Å²) in [5.41, 5.74) is 10.6. The number of β-amino-alcohol motifs (C(OH)–C–C–N with tert-alkyl or cyclic N) is 1. The lowest BCUT2D eigenvalue weighted by atomic mass is 9.85. The number of halogens is 3. The monoisotopic (exact) mass is 1130 g/mol. The Morgan fingerprint density at radius 2 is 1.65 bits per heavy atom. The molecule has 1 fully saturated rings. The largest absolute Gasteiger partial charge is 0.444 e. The predicted octanol–water partition coefficient (Wildman–Crippen LogP) is 6.68. The maximum atomic E-state index is 14.0. The van der Waals surface area contributed by atoms with Crippen LogP contribution in [0.5, 0.6) is 0 Å². The van der Waals surface area contributed by atoms with Crippen LogP contribution in [0.25, 0.3) is 27.6 Å². The summed E-state index contributed by atoms with van der Waals surface area (Å²) in [4.78, 5) is 80.5. The van der Waals surface area contributed by atoms with Gasteiger partial charge in [0.1, 0.15) is 24.7 Å². The number of oxazole rings is 1. The Morgan fingerprint density at radius 1 is 0.912 bits per heavy atom. The number of anilines is 2. The zero-order chi connectivity index (χ0) is 57.4. The van der Waals surface area contributed by atoms with Crippen LogP contribution in [0.3, 0.4) is 0 Å². The SMILES string of the molecule is Cc1ncsc1-c1ccc(CNCC2C[C@@H](O)CN2C(=O)[C@@H](NC(=O)CCCOCCOCCCCCNC(=O)c2ccc(-n3cc(NC(=O)c4coc(-c5ccnc(NCC(F)(F)F)c5)n4)c(C(N)=O)n3)cc2)C(C)(C)C)cc1. The van der Waals surface area contributed by atoms with E-state index in [1.54, 1.807) is 40.5 Å². The molecule has 0 radical (unpaired) electrons. The number of alkyl halides is 3. The highest BCUT2D eigenvalue weighted by molar-refractivity contribution is 7.13. The van der Waals surface area contributed by atoms with Gasteiger partial charge in [-0.2, -0.15) is 18.3 Å². The molecule has 6 aromatic rings. The number of carbonyl (C=O) groups excluding carboxylic acids is 5. The number of aliphatic hydroxyl groups is 1. The van der Waals surface area contributed by atoms with Gasteiger partial charge in [0.05, 0.1) is 53.0 Å². The molecular formula is C55H67F3N12O9S. The fourth-order valence-corrected chi connectivity index (χ4v) is 9.51. The van der Waals surface area contributed by atoms with Gasteiger partial charge in [-0.25, -0.2) is 19.6 Å². The summed E-state index contributed by atoms with van der Waals surface area (Å²) in [6.07, 6.45) is 1.94. The van der Waals surface area contributed by atoms with Crippen molar-refractivity contribution in [3.05, 3.63) is 113 Å². The number of unbranched alkanes of at least 4 members (excludes halogenated alkanes) is 2. The molecule has 80 heavy (non-hydrogen) atoms. The Balaban J connectivity index is 0.738. The zero-order valence-electron chi connectivity index (χ0n) is 44.9. The lowest BCUT2D eigenvalue weighted by Gasteiger charge is -2.36. The smallest absolute Gasteiger partial charge is 0.405 e. The van der Waals surface area contributed by atoms with Gasteiger partial charge in [-0.15, -0.1) is 11.3 Å². The average molecular weight is 1130 g/mol. The van der Waals surface area contributed by atoms with Crippen LogP contribution in [0, 0.1) is 12.3 Å². The first-order chi connectivity index (χ1) is 38.2. The van der Waals surface area contributed by atoms with E-state index in [1.165, 1.54) is 29.2 Å². The molecule has 1 aliphatic rings. The number of rotatable bonds is 28. The molecule has 5 heterocycles. The number of thiazole rings is 1. The maximum Gasteiger partial charge on any atom is 0.405 e. The lowest BCUT2D eigenvalue weighted by molar-refractivity contribution is -0.140. The minimum Gasteiger partial charge on any atom is -0.444 e. The van der Waals surface area contributed by atoms with Gasteiger partial charge >= 0.3 is 6.18 Å². The van der Waals surface area contributed by atoms with E-state index in [0.29, 0.717) is 70.2 Å². The summed E-state index contributed by atoms with van der Waals surface area (Å²) < 4.78 is 56.0. The van der Waals surface area contributed by atoms with Crippen molar-refractivity contribution in [1.29, 1.82) is 0 Å². The van der Waals surface area contributed by atoms with Crippen LogP contribution in [-0.4, -0.2) is 141 Å². The van der Waals surface area contributed by atoms with Crippen LogP contribution >= 0.6 is 11.3 Å². The Morgan fingerprint density at radius 3 is 2.34 bits per heavy atom. The van der Waals surface area contributed by atoms with E-state index in [0.717, 1.165) is 47.2 Å². The quantitative estimate of drug-likeness (QED) is 0.0253. The van der Waals surface area contributed by atoms with Crippen molar-refractivity contribution in [3.8, 4) is 27.6 Å². The van der Waals surface area contributed by atoms with Crippen molar-refractivity contribution in [2.75, 3.05) is 63.2 Å². The molecule has 25 heteroatoms. The van der Waals surface area contributed by atoms with Gasteiger partial charge in [0.2, 0.25) is 17.7 Å². The highest BCUT2D eigenvalue weighted by Crippen LogP contribution is 2.29. The van der Waals surface area contributed by atoms with Gasteiger partial charge in [-0.1, -0.05) is 45.0 Å². The van der Waals surface area contributed by atoms with Gasteiger partial charge in [0.25, 0.3) is 17.7 Å². The number of pyridine rings is 1. The number of nitrogens with two attached hydrogens (primary N) is 1. The van der Waals surface area contributed by atoms with Crippen molar-refractivity contribution in [2.24, 2.45) is 11.1 Å². The molecule has 21 nitrogen and oxygen atoms in total. The predicted molar refractivity (Wildman–Crippen MR) is 293 cm³/mol. The Labute approximate surface area is 464 Å². The van der Waals surface area contributed by atoms with Crippen LogP contribution in [0.15, 0.2) is 89.2 Å². The second-order valence-corrected chi connectivity index (χ2v) is 21.1. The molecule has 1 aliphatic heterocycles. The van der Waals surface area contributed by atoms with Crippen LogP contribution in [-0.2, 0) is 25.6 Å². The van der Waals surface area contributed by atoms with Crippen molar-refractivity contribution >= 4 is 52.4 Å². The molecule has 428 valence electrons. The minimum absolute atomic E-state index is 0.0388. The first-order valence-electron chi connectivity index (χ1n) is 26.2. The molecule has 3 atom stereocenters. The van der Waals surface area contributed by atoms with Crippen molar-refractivity contribution in [3.63, 3.8) is 0 Å². The first-order valence-corrected chi connectivity index (χ1v) is 27.1. The van der Waals surface area contributed by atoms with Gasteiger partial charge < -0.3 is 56.2 Å². The number of aliphatic hydroxyl groups excluding tert-OH is 1. The maximum absolute atomic E-state index is 14.0. The fourth-order valence-electron chi connectivity index (χ4n) is 8.70. The van der Waals surface area contributed by atoms with Gasteiger partial charge in [0.15, 0.2) is 11.4 Å². The summed E-state index contributed by atoms with van der Waals surface area (Å²) in [5.74, 6) is -2.62. The molecule has 2 aromatic carbocycles. The van der Waals surface area contributed by atoms with Crippen LogP contribution < -0.4 is 32.3 Å². The molecule has 0 saturated carbocycles. The number of aryl methyl sites for hydroxylation is 1. The Hall–Kier alpha value is -7.58. The number of hydrogen-bond acceptors (Lipinski definition) is 16. The fraction of sp³-hybridized carbons (Fsp3) is 0.436. The van der Waals surface area contributed by atoms with E-state index in [9.17, 15) is 42.3 Å². The number of nitrogens with one attached hydrogen (secondary N) is 5. The molecule has 5 amide bonds. The topological polar surface area (TPSA) is 283 Å². The number of primary amides is 1. The van der Waals surface area contributed by atoms with Crippen LogP contribution in [0.1, 0.15) is 102 Å². The van der Waals surface area contributed by atoms with Gasteiger partial charge in [-0.05, 0) is 92.0 Å². The average Bonchev–Trinajstić information content (AvgIpc) is 4.26. The highest BCUT2D eigenvalue weighted by Gasteiger charge is 2.42. The van der Waals surface area contributed by atoms with Crippen molar-refractivity contribution in [1.82, 2.24) is 45.6 Å². The molecule has 0 bridgehead atoms. The molecular weight excluding hydrogens is 1060 g/mol. The van der Waals surface area contributed by atoms with E-state index in [4.69, 9.17) is 19.6 Å². The highest BCUT2D eigenvalue weighted by atomic mass is 32.1. The third kappa shape index (κ3) is 17.5. The molecule has 0 aliphatic carbocycles. The summed E-state index contributed by atoms with van der Waals surface area (Å²) in [5, 5.41) is 28.8. The van der Waals surface area contributed by atoms with E-state index in [-0.39, 0.29) is 71.1 Å². The Kier molecular flexibility index (Phi) is 21.0. The van der Waals surface area contributed by atoms with E-state index >= 15 is 0 Å². The standard InChI is InChI=1S/C55H67F3N12O9S/c1-34-47(80-33-64-34)36-12-10-35(11-13-36)27-60-28-40-26-41(71)29-69(40)53(76)48(54(2,3)4)67-45(72)9-8-22-78-24-23-77-21-7-5-6-19-62-50(74)37-14-16-39(17-15-37)70-30-42(46(68-70)49(59)73)65-51(75)43-31-79-52(66-43)38-18-20-61-44(25-38)63-32-55(56,57)58/h10-18,20,25,30-31,33,40-41,48,60,71H,5-9,19,21-24,26-29,32H2,1-4H3,(H2,59,73)(H,61,63)(H,62,74)(H,65,75)(H,67,72)/t40?,41-,48-/m1/s1. The molecule has 8 N–H and O–H groups in total. The summed E-state index contributed by atoms with van der Waals surface area (Å²) in [7, 11) is 0. The third-order valence-corrected chi connectivity index (χ3v) is 13.9. The number of likely N-dealkylation sites (tertiary alicyclic amines) is 1. The van der Waals surface area contributed by atoms with Gasteiger partial charge in [0, 0.05) is 69.2 Å². The number of nitrogens with zero attached hydrogens (tertiary/aromatic N) is 6. The summed E-state index contributed by atoms with van der Waals surface area (Å²) in [6.45, 7) is 9.80. The number of carbonyl (C=O) groups is 5. The second-order valence-electron chi connectivity index (χ2n) is 20.3. The summed E-state index contributed by atoms with van der Waals surface area (Å²) in [6, 6.07) is 16.4. The second kappa shape index (κ2) is 28.0. The number of amides is 5. The molecule has 1 saturated heterocycles. The first kappa shape index (κ1) is 60.1. The minimum atomic E-state index is -4.46. The van der Waals surface area contributed by atoms with E-state index < -0.39 is 42.1 Å². The van der Waals surface area contributed by atoms with E-state index in [1.807, 2.05) is 33.2 Å². The number of ether oxygens (including phenoxy) is 2. The number of benzene rings is 2. The normalized spacial score (nSPS) is 14.9. The van der Waals surface area contributed by atoms with Gasteiger partial charge in [-0.3, -0.25) is 24.0 Å². The lowest BCUT2D eigenvalue weighted by Crippen LogP contribution is -2.56. The van der Waals surface area contributed by atoms with Crippen LogP contribution in [0.2, 0.25) is 0 Å². The zero-order valence-corrected chi connectivity index (χ0v) is 45.8. The molecule has 1 unspecified atom stereocenters. The van der Waals surface area contributed by atoms with E-state index in [2.05, 4.69) is 70.9 Å². The number of aromatic nitrogens is 5. The molecule has 4 aromatic heterocycles. The van der Waals surface area contributed by atoms with Crippen molar-refractivity contribution < 1.29 is 56.1 Å². The molecule has 0 spiro atoms.